The zero-order chi connectivity index (χ0) is 24.1. The van der Waals surface area contributed by atoms with E-state index < -0.39 is 36.7 Å². The number of nitrogens with zero attached hydrogens (tertiary/aromatic N) is 5. The number of rotatable bonds is 5. The first kappa shape index (κ1) is 21.8. The van der Waals surface area contributed by atoms with E-state index in [-0.39, 0.29) is 0 Å². The van der Waals surface area contributed by atoms with Crippen LogP contribution in [0, 0.1) is 0 Å². The molecule has 10 nitrogen and oxygen atoms in total. The largest absolute Gasteiger partial charge is 0.495 e. The maximum Gasteiger partial charge on any atom is 0.328 e. The number of benzene rings is 2. The van der Waals surface area contributed by atoms with Gasteiger partial charge in [0.05, 0.1) is 18.5 Å². The second kappa shape index (κ2) is 8.07. The number of guanidine groups is 1. The van der Waals surface area contributed by atoms with Gasteiger partial charge in [-0.15, -0.1) is 0 Å². The van der Waals surface area contributed by atoms with Gasteiger partial charge in [0.25, 0.3) is 5.91 Å². The van der Waals surface area contributed by atoms with Crippen molar-refractivity contribution >= 4 is 46.9 Å². The molecule has 0 radical (unpaired) electrons. The minimum absolute atomic E-state index is 0.402. The Morgan fingerprint density at radius 1 is 1.18 bits per heavy atom. The lowest BCUT2D eigenvalue weighted by molar-refractivity contribution is -0.146. The summed E-state index contributed by atoms with van der Waals surface area (Å²) in [5, 5.41) is 9.71. The number of carboxylic acid groups (broad SMARTS) is 1. The third kappa shape index (κ3) is 3.26. The summed E-state index contributed by atoms with van der Waals surface area (Å²) in [5.41, 5.74) is 2.18. The summed E-state index contributed by atoms with van der Waals surface area (Å²) in [7, 11) is 3.04. The van der Waals surface area contributed by atoms with Gasteiger partial charge in [-0.1, -0.05) is 41.9 Å². The van der Waals surface area contributed by atoms with Crippen LogP contribution in [0.3, 0.4) is 0 Å². The Hall–Kier alpha value is -4.05. The lowest BCUT2D eigenvalue weighted by atomic mass is 10.1. The number of ether oxygens (including phenoxy) is 1. The number of imide groups is 1. The highest BCUT2D eigenvalue weighted by atomic mass is 35.5. The van der Waals surface area contributed by atoms with E-state index in [1.165, 1.54) is 11.9 Å². The molecule has 34 heavy (non-hydrogen) atoms. The first-order valence-corrected chi connectivity index (χ1v) is 10.8. The molecule has 2 aromatic carbocycles. The third-order valence-electron chi connectivity index (χ3n) is 5.96. The molecule has 0 bridgehead atoms. The molecule has 3 amide bonds. The van der Waals surface area contributed by atoms with Gasteiger partial charge < -0.3 is 14.7 Å². The predicted octanol–water partition coefficient (Wildman–Crippen LogP) is 2.51. The average Bonchev–Trinajstić information content (AvgIpc) is 3.37. The second-order valence-corrected chi connectivity index (χ2v) is 8.37. The standard InChI is InChI=1S/C23H20ClN5O5/c1-26-20-19(21(32)28(23(26)33)12-18(30)31)27-11-16(13-6-4-3-5-7-13)29(22(27)25-20)15-10-14(24)8-9-17(15)34-2/h3-11,19-20H,12H2,1-2H3,(H,30,31). The van der Waals surface area contributed by atoms with E-state index in [1.54, 1.807) is 36.4 Å². The molecule has 1 saturated heterocycles. The summed E-state index contributed by atoms with van der Waals surface area (Å²) in [6.07, 6.45) is 0.959. The molecule has 0 spiro atoms. The molecule has 0 saturated carbocycles. The second-order valence-electron chi connectivity index (χ2n) is 7.94. The summed E-state index contributed by atoms with van der Waals surface area (Å²) in [6, 6.07) is 13.1. The van der Waals surface area contributed by atoms with Crippen molar-refractivity contribution in [2.24, 2.45) is 4.99 Å². The number of amides is 3. The molecular formula is C23H20ClN5O5. The number of likely N-dealkylation sites (N-methyl/N-ethyl adjacent to an activating group) is 1. The van der Waals surface area contributed by atoms with Crippen LogP contribution in [0.4, 0.5) is 10.5 Å². The van der Waals surface area contributed by atoms with E-state index >= 15 is 0 Å². The molecule has 11 heteroatoms. The number of halogens is 1. The third-order valence-corrected chi connectivity index (χ3v) is 6.19. The van der Waals surface area contributed by atoms with Crippen LogP contribution in [0.5, 0.6) is 5.75 Å². The summed E-state index contributed by atoms with van der Waals surface area (Å²) in [5.74, 6) is -0.966. The Balaban J connectivity index is 1.65. The number of fused-ring (bicyclic) bond motifs is 3. The number of carboxylic acids is 1. The molecule has 2 atom stereocenters. The molecule has 2 unspecified atom stereocenters. The molecular weight excluding hydrogens is 462 g/mol. The Morgan fingerprint density at radius 2 is 1.91 bits per heavy atom. The van der Waals surface area contributed by atoms with Crippen LogP contribution in [-0.2, 0) is 9.59 Å². The lowest BCUT2D eigenvalue weighted by Crippen LogP contribution is -2.65. The number of hydrogen-bond acceptors (Lipinski definition) is 7. The van der Waals surface area contributed by atoms with Crippen molar-refractivity contribution in [1.29, 1.82) is 0 Å². The van der Waals surface area contributed by atoms with Gasteiger partial charge in [-0.3, -0.25) is 24.3 Å². The van der Waals surface area contributed by atoms with Gasteiger partial charge in [-0.05, 0) is 18.2 Å². The normalized spacial score (nSPS) is 21.4. The van der Waals surface area contributed by atoms with Crippen LogP contribution in [-0.4, -0.2) is 76.6 Å². The quantitative estimate of drug-likeness (QED) is 0.699. The summed E-state index contributed by atoms with van der Waals surface area (Å²) >= 11 is 6.32. The van der Waals surface area contributed by atoms with Crippen molar-refractivity contribution in [2.45, 2.75) is 12.2 Å². The minimum atomic E-state index is -1.28. The van der Waals surface area contributed by atoms with Gasteiger partial charge in [0.1, 0.15) is 12.3 Å². The molecule has 1 N–H and O–H groups in total. The van der Waals surface area contributed by atoms with Crippen molar-refractivity contribution in [3.63, 3.8) is 0 Å². The van der Waals surface area contributed by atoms with Gasteiger partial charge >= 0.3 is 12.0 Å². The number of carbonyl (C=O) groups excluding carboxylic acids is 2. The molecule has 1 fully saturated rings. The van der Waals surface area contributed by atoms with Crippen LogP contribution >= 0.6 is 11.6 Å². The molecule has 2 aromatic rings. The van der Waals surface area contributed by atoms with E-state index in [9.17, 15) is 19.5 Å². The predicted molar refractivity (Wildman–Crippen MR) is 124 cm³/mol. The van der Waals surface area contributed by atoms with Gasteiger partial charge in [0, 0.05) is 23.8 Å². The molecule has 3 aliphatic rings. The molecule has 5 rings (SSSR count). The maximum atomic E-state index is 13.3. The zero-order valence-electron chi connectivity index (χ0n) is 18.3. The zero-order valence-corrected chi connectivity index (χ0v) is 19.0. The van der Waals surface area contributed by atoms with Gasteiger partial charge in [-0.2, -0.15) is 0 Å². The first-order chi connectivity index (χ1) is 16.3. The lowest BCUT2D eigenvalue weighted by Gasteiger charge is -2.39. The highest BCUT2D eigenvalue weighted by Gasteiger charge is 2.55. The van der Waals surface area contributed by atoms with Gasteiger partial charge in [0.15, 0.2) is 12.2 Å². The van der Waals surface area contributed by atoms with Crippen molar-refractivity contribution in [2.75, 3.05) is 25.6 Å². The molecule has 0 aromatic heterocycles. The maximum absolute atomic E-state index is 13.3. The van der Waals surface area contributed by atoms with Crippen molar-refractivity contribution < 1.29 is 24.2 Å². The molecule has 174 valence electrons. The molecule has 3 aliphatic heterocycles. The summed E-state index contributed by atoms with van der Waals surface area (Å²) in [4.78, 5) is 47.6. The highest BCUT2D eigenvalue weighted by Crippen LogP contribution is 2.43. The number of urea groups is 1. The first-order valence-electron chi connectivity index (χ1n) is 10.4. The topological polar surface area (TPSA) is 106 Å². The Labute approximate surface area is 199 Å². The molecule has 0 aliphatic carbocycles. The smallest absolute Gasteiger partial charge is 0.328 e. The Kier molecular flexibility index (Phi) is 5.17. The van der Waals surface area contributed by atoms with E-state index in [0.717, 1.165) is 16.2 Å². The van der Waals surface area contributed by atoms with E-state index in [2.05, 4.69) is 0 Å². The summed E-state index contributed by atoms with van der Waals surface area (Å²) in [6.45, 7) is -0.727. The van der Waals surface area contributed by atoms with Crippen LogP contribution in [0.25, 0.3) is 5.70 Å². The number of hydrogen-bond donors (Lipinski definition) is 1. The summed E-state index contributed by atoms with van der Waals surface area (Å²) < 4.78 is 5.58. The number of methoxy groups -OCH3 is 1. The SMILES string of the molecule is COc1ccc(Cl)cc1N1C(c2ccccc2)=CN2C1=NC1C2C(=O)N(CC(=O)O)C(=O)N1C. The number of aliphatic imine (C=N–C) groups is 1. The van der Waals surface area contributed by atoms with Crippen molar-refractivity contribution in [1.82, 2.24) is 14.7 Å². The monoisotopic (exact) mass is 481 g/mol. The van der Waals surface area contributed by atoms with Crippen molar-refractivity contribution in [3.05, 3.63) is 65.3 Å². The molecule has 3 heterocycles. The number of aliphatic carboxylic acids is 1. The van der Waals surface area contributed by atoms with Gasteiger partial charge in [0.2, 0.25) is 5.96 Å². The van der Waals surface area contributed by atoms with Crippen LogP contribution in [0.2, 0.25) is 5.02 Å². The average molecular weight is 482 g/mol. The highest BCUT2D eigenvalue weighted by molar-refractivity contribution is 6.31. The van der Waals surface area contributed by atoms with Crippen LogP contribution in [0.1, 0.15) is 5.56 Å². The van der Waals surface area contributed by atoms with Crippen LogP contribution in [0.15, 0.2) is 59.7 Å². The van der Waals surface area contributed by atoms with E-state index in [1.807, 2.05) is 35.2 Å². The fourth-order valence-corrected chi connectivity index (χ4v) is 4.57. The minimum Gasteiger partial charge on any atom is -0.495 e. The fraction of sp³-hybridized carbons (Fsp3) is 0.217. The van der Waals surface area contributed by atoms with Crippen molar-refractivity contribution in [3.8, 4) is 5.75 Å². The number of anilines is 1. The van der Waals surface area contributed by atoms with E-state index in [0.29, 0.717) is 22.4 Å². The Bertz CT molecular complexity index is 1260. The Morgan fingerprint density at radius 3 is 2.59 bits per heavy atom. The fourth-order valence-electron chi connectivity index (χ4n) is 4.40. The van der Waals surface area contributed by atoms with E-state index in [4.69, 9.17) is 21.3 Å². The van der Waals surface area contributed by atoms with Crippen LogP contribution < -0.4 is 9.64 Å². The number of carbonyl (C=O) groups is 3. The van der Waals surface area contributed by atoms with Gasteiger partial charge in [-0.25, -0.2) is 9.79 Å².